The first kappa shape index (κ1) is 10.2. The normalized spacial score (nSPS) is 12.9. The fourth-order valence-corrected chi connectivity index (χ4v) is 1.57. The number of benzene rings is 1. The number of hydrogen-bond donors (Lipinski definition) is 2. The zero-order chi connectivity index (χ0) is 9.84. The summed E-state index contributed by atoms with van der Waals surface area (Å²) < 4.78 is 0. The Kier molecular flexibility index (Phi) is 3.46. The lowest BCUT2D eigenvalue weighted by atomic mass is 10.0. The van der Waals surface area contributed by atoms with Gasteiger partial charge in [-0.2, -0.15) is 0 Å². The second-order valence-corrected chi connectivity index (χ2v) is 3.44. The van der Waals surface area contributed by atoms with Crippen LogP contribution in [0.25, 0.3) is 0 Å². The molecule has 0 bridgehead atoms. The number of aryl methyl sites for hydroxylation is 2. The van der Waals surface area contributed by atoms with Crippen LogP contribution in [0.5, 0.6) is 0 Å². The van der Waals surface area contributed by atoms with E-state index in [2.05, 4.69) is 37.4 Å². The van der Waals surface area contributed by atoms with Gasteiger partial charge in [0, 0.05) is 0 Å². The number of aliphatic hydroxyl groups is 1. The van der Waals surface area contributed by atoms with E-state index in [0.29, 0.717) is 0 Å². The SMILES string of the molecule is CN[C@@H](CO)c1cc(C)cc(C)c1. The monoisotopic (exact) mass is 179 g/mol. The van der Waals surface area contributed by atoms with Gasteiger partial charge in [0.25, 0.3) is 0 Å². The van der Waals surface area contributed by atoms with Crippen molar-refractivity contribution in [2.45, 2.75) is 19.9 Å². The standard InChI is InChI=1S/C11H17NO/c1-8-4-9(2)6-10(5-8)11(7-13)12-3/h4-6,11-13H,7H2,1-3H3/t11-/m0/s1. The third-order valence-electron chi connectivity index (χ3n) is 2.18. The molecule has 13 heavy (non-hydrogen) atoms. The molecule has 0 heterocycles. The Morgan fingerprint density at radius 3 is 2.15 bits per heavy atom. The third kappa shape index (κ3) is 2.54. The predicted octanol–water partition coefficient (Wildman–Crippen LogP) is 1.56. The summed E-state index contributed by atoms with van der Waals surface area (Å²) in [5.74, 6) is 0. The molecule has 0 fully saturated rings. The summed E-state index contributed by atoms with van der Waals surface area (Å²) in [6.45, 7) is 4.28. The smallest absolute Gasteiger partial charge is 0.0626 e. The minimum absolute atomic E-state index is 0.0543. The first-order valence-corrected chi connectivity index (χ1v) is 4.53. The summed E-state index contributed by atoms with van der Waals surface area (Å²) in [6, 6.07) is 6.39. The van der Waals surface area contributed by atoms with Crippen LogP contribution >= 0.6 is 0 Å². The number of hydrogen-bond acceptors (Lipinski definition) is 2. The Morgan fingerprint density at radius 2 is 1.77 bits per heavy atom. The Bertz CT molecular complexity index is 259. The van der Waals surface area contributed by atoms with Gasteiger partial charge in [0.1, 0.15) is 0 Å². The largest absolute Gasteiger partial charge is 0.394 e. The molecule has 1 aromatic carbocycles. The van der Waals surface area contributed by atoms with E-state index < -0.39 is 0 Å². The molecule has 1 atom stereocenters. The van der Waals surface area contributed by atoms with Crippen molar-refractivity contribution in [2.75, 3.05) is 13.7 Å². The molecule has 0 saturated heterocycles. The molecule has 0 aliphatic carbocycles. The van der Waals surface area contributed by atoms with Crippen molar-refractivity contribution in [3.63, 3.8) is 0 Å². The van der Waals surface area contributed by atoms with Gasteiger partial charge in [-0.3, -0.25) is 0 Å². The van der Waals surface area contributed by atoms with Gasteiger partial charge in [-0.05, 0) is 26.5 Å². The molecule has 0 spiro atoms. The lowest BCUT2D eigenvalue weighted by molar-refractivity contribution is 0.251. The van der Waals surface area contributed by atoms with Crippen LogP contribution in [-0.4, -0.2) is 18.8 Å². The van der Waals surface area contributed by atoms with Gasteiger partial charge in [-0.1, -0.05) is 29.3 Å². The van der Waals surface area contributed by atoms with Crippen LogP contribution in [0.15, 0.2) is 18.2 Å². The molecule has 2 heteroatoms. The average Bonchev–Trinajstić information content (AvgIpc) is 2.04. The Morgan fingerprint density at radius 1 is 1.23 bits per heavy atom. The number of rotatable bonds is 3. The lowest BCUT2D eigenvalue weighted by Gasteiger charge is -2.14. The summed E-state index contributed by atoms with van der Waals surface area (Å²) >= 11 is 0. The first-order chi connectivity index (χ1) is 6.17. The van der Waals surface area contributed by atoms with Gasteiger partial charge in [0.05, 0.1) is 12.6 Å². The van der Waals surface area contributed by atoms with E-state index in [1.807, 2.05) is 7.05 Å². The van der Waals surface area contributed by atoms with Crippen molar-refractivity contribution >= 4 is 0 Å². The highest BCUT2D eigenvalue weighted by Crippen LogP contribution is 2.15. The van der Waals surface area contributed by atoms with Crippen molar-refractivity contribution in [1.29, 1.82) is 0 Å². The summed E-state index contributed by atoms with van der Waals surface area (Å²) in [7, 11) is 1.86. The highest BCUT2D eigenvalue weighted by Gasteiger charge is 2.07. The molecular weight excluding hydrogens is 162 g/mol. The van der Waals surface area contributed by atoms with Gasteiger partial charge >= 0.3 is 0 Å². The Labute approximate surface area is 79.6 Å². The highest BCUT2D eigenvalue weighted by atomic mass is 16.3. The fourth-order valence-electron chi connectivity index (χ4n) is 1.57. The van der Waals surface area contributed by atoms with Crippen LogP contribution in [-0.2, 0) is 0 Å². The molecule has 72 valence electrons. The highest BCUT2D eigenvalue weighted by molar-refractivity contribution is 5.30. The van der Waals surface area contributed by atoms with Gasteiger partial charge < -0.3 is 10.4 Å². The third-order valence-corrected chi connectivity index (χ3v) is 2.18. The maximum Gasteiger partial charge on any atom is 0.0626 e. The number of nitrogens with one attached hydrogen (secondary N) is 1. The molecule has 2 nitrogen and oxygen atoms in total. The first-order valence-electron chi connectivity index (χ1n) is 4.53. The summed E-state index contributed by atoms with van der Waals surface area (Å²) in [6.07, 6.45) is 0. The van der Waals surface area contributed by atoms with Crippen LogP contribution in [0.3, 0.4) is 0 Å². The van der Waals surface area contributed by atoms with Crippen molar-refractivity contribution in [3.8, 4) is 0 Å². The minimum Gasteiger partial charge on any atom is -0.394 e. The van der Waals surface area contributed by atoms with Crippen LogP contribution in [0.1, 0.15) is 22.7 Å². The molecule has 2 N–H and O–H groups in total. The lowest BCUT2D eigenvalue weighted by Crippen LogP contribution is -2.20. The van der Waals surface area contributed by atoms with Crippen molar-refractivity contribution in [1.82, 2.24) is 5.32 Å². The molecule has 0 unspecified atom stereocenters. The summed E-state index contributed by atoms with van der Waals surface area (Å²) in [4.78, 5) is 0. The average molecular weight is 179 g/mol. The van der Waals surface area contributed by atoms with E-state index in [0.717, 1.165) is 5.56 Å². The Hall–Kier alpha value is -0.860. The van der Waals surface area contributed by atoms with Crippen molar-refractivity contribution in [3.05, 3.63) is 34.9 Å². The van der Waals surface area contributed by atoms with Crippen LogP contribution in [0, 0.1) is 13.8 Å². The number of likely N-dealkylation sites (N-methyl/N-ethyl adjacent to an activating group) is 1. The minimum atomic E-state index is 0.0543. The van der Waals surface area contributed by atoms with E-state index in [9.17, 15) is 0 Å². The molecule has 0 radical (unpaired) electrons. The Balaban J connectivity index is 2.99. The topological polar surface area (TPSA) is 32.3 Å². The van der Waals surface area contributed by atoms with Gasteiger partial charge in [0.2, 0.25) is 0 Å². The van der Waals surface area contributed by atoms with E-state index in [4.69, 9.17) is 5.11 Å². The van der Waals surface area contributed by atoms with E-state index in [1.165, 1.54) is 11.1 Å². The van der Waals surface area contributed by atoms with Crippen LogP contribution < -0.4 is 5.32 Å². The maximum absolute atomic E-state index is 9.10. The van der Waals surface area contributed by atoms with E-state index in [1.54, 1.807) is 0 Å². The second-order valence-electron chi connectivity index (χ2n) is 3.44. The van der Waals surface area contributed by atoms with Crippen molar-refractivity contribution in [2.24, 2.45) is 0 Å². The molecule has 1 aromatic rings. The maximum atomic E-state index is 9.10. The van der Waals surface area contributed by atoms with Crippen LogP contribution in [0.2, 0.25) is 0 Å². The summed E-state index contributed by atoms with van der Waals surface area (Å²) in [5.41, 5.74) is 3.63. The number of aliphatic hydroxyl groups excluding tert-OH is 1. The molecule has 1 rings (SSSR count). The zero-order valence-corrected chi connectivity index (χ0v) is 8.46. The molecule has 0 amide bonds. The molecule has 0 aliphatic rings. The quantitative estimate of drug-likeness (QED) is 0.738. The summed E-state index contributed by atoms with van der Waals surface area (Å²) in [5, 5.41) is 12.2. The van der Waals surface area contributed by atoms with Crippen molar-refractivity contribution < 1.29 is 5.11 Å². The zero-order valence-electron chi connectivity index (χ0n) is 8.46. The second kappa shape index (κ2) is 4.40. The predicted molar refractivity (Wildman–Crippen MR) is 54.8 cm³/mol. The van der Waals surface area contributed by atoms with E-state index >= 15 is 0 Å². The molecule has 0 aliphatic heterocycles. The van der Waals surface area contributed by atoms with E-state index in [-0.39, 0.29) is 12.6 Å². The fraction of sp³-hybridized carbons (Fsp3) is 0.455. The molecule has 0 saturated carbocycles. The van der Waals surface area contributed by atoms with Gasteiger partial charge in [0.15, 0.2) is 0 Å². The van der Waals surface area contributed by atoms with Gasteiger partial charge in [-0.15, -0.1) is 0 Å². The van der Waals surface area contributed by atoms with Crippen LogP contribution in [0.4, 0.5) is 0 Å². The molecular formula is C11H17NO. The van der Waals surface area contributed by atoms with Gasteiger partial charge in [-0.25, -0.2) is 0 Å². The molecule has 0 aromatic heterocycles.